The third kappa shape index (κ3) is 4.91. The Bertz CT molecular complexity index is 2480. The average molecular weight is 679 g/mol. The van der Waals surface area contributed by atoms with E-state index in [0.717, 1.165) is 83.7 Å². The van der Waals surface area contributed by atoms with Gasteiger partial charge in [0.05, 0.1) is 23.0 Å². The predicted octanol–water partition coefficient (Wildman–Crippen LogP) is 7.39. The number of carboxylic acid groups (broad SMARTS) is 1. The van der Waals surface area contributed by atoms with E-state index in [4.69, 9.17) is 4.99 Å². The second kappa shape index (κ2) is 11.6. The monoisotopic (exact) mass is 678 g/mol. The Morgan fingerprint density at radius 2 is 1.31 bits per heavy atom. The average Bonchev–Trinajstić information content (AvgIpc) is 3.95. The molecule has 0 aliphatic carbocycles. The largest absolute Gasteiger partial charge is 0.478 e. The third-order valence-corrected chi connectivity index (χ3v) is 10.9. The van der Waals surface area contributed by atoms with Crippen LogP contribution in [0.25, 0.3) is 22.3 Å². The molecule has 6 nitrogen and oxygen atoms in total. The minimum absolute atomic E-state index is 0.0769. The van der Waals surface area contributed by atoms with Crippen molar-refractivity contribution in [2.75, 3.05) is 0 Å². The molecule has 1 aromatic carbocycles. The van der Waals surface area contributed by atoms with Crippen LogP contribution < -0.4 is 16.0 Å². The zero-order chi connectivity index (χ0) is 32.2. The smallest absolute Gasteiger partial charge is 0.335 e. The number of hydrogen-bond acceptors (Lipinski definition) is 6. The van der Waals surface area contributed by atoms with E-state index in [1.807, 2.05) is 12.1 Å². The highest BCUT2D eigenvalue weighted by Crippen LogP contribution is 2.36. The van der Waals surface area contributed by atoms with Gasteiger partial charge in [0.1, 0.15) is 0 Å². The van der Waals surface area contributed by atoms with Crippen LogP contribution in [0.4, 0.5) is 0 Å². The standard InChI is InChI=1S/C39H26N4O2S3/c44-39(45)23-3-1-22(2-4-23)35-27-5-7-29(40-27)36(24-13-16-46-19-24)31-9-11-33(42-31)38(26-15-18-48-21-26)34-12-10-32(43-34)37(25-14-17-47-20-25)30-8-6-28(35)41-30/h1-21,31,40,42-43H,(H,44,45)/b35-27-,36-29-,37-30-,38-33-. The van der Waals surface area contributed by atoms with Crippen LogP contribution in [0.15, 0.2) is 140 Å². The van der Waals surface area contributed by atoms with Gasteiger partial charge in [0.15, 0.2) is 0 Å². The molecular formula is C39H26N4O2S3. The first-order valence-corrected chi connectivity index (χ1v) is 18.2. The lowest BCUT2D eigenvalue weighted by Gasteiger charge is -2.17. The number of aromatic amines is 2. The summed E-state index contributed by atoms with van der Waals surface area (Å²) < 4.78 is 0. The van der Waals surface area contributed by atoms with Gasteiger partial charge in [0.25, 0.3) is 0 Å². The molecule has 9 heteroatoms. The Labute approximate surface area is 287 Å². The maximum Gasteiger partial charge on any atom is 0.335 e. The number of aliphatic imine (C=N–C) groups is 1. The summed E-state index contributed by atoms with van der Waals surface area (Å²) >= 11 is 5.02. The number of fused-ring (bicyclic) bond motifs is 7. The number of thiophene rings is 3. The highest BCUT2D eigenvalue weighted by molar-refractivity contribution is 7.08. The van der Waals surface area contributed by atoms with Crippen molar-refractivity contribution in [1.29, 1.82) is 0 Å². The molecule has 0 radical (unpaired) electrons. The first kappa shape index (κ1) is 28.7. The summed E-state index contributed by atoms with van der Waals surface area (Å²) in [5.74, 6) is -0.955. The number of nitrogens with zero attached hydrogens (tertiary/aromatic N) is 1. The van der Waals surface area contributed by atoms with Crippen molar-refractivity contribution in [2.45, 2.75) is 6.04 Å². The van der Waals surface area contributed by atoms with Gasteiger partial charge in [-0.25, -0.2) is 9.79 Å². The molecule has 4 N–H and O–H groups in total. The van der Waals surface area contributed by atoms with Crippen LogP contribution in [0.5, 0.6) is 0 Å². The van der Waals surface area contributed by atoms with E-state index in [-0.39, 0.29) is 11.6 Å². The number of nitrogens with one attached hydrogen (secondary N) is 3. The maximum atomic E-state index is 11.7. The van der Waals surface area contributed by atoms with Gasteiger partial charge in [-0.1, -0.05) is 18.2 Å². The number of H-pyrrole nitrogens is 2. The fraction of sp³-hybridized carbons (Fsp3) is 0.0256. The van der Waals surface area contributed by atoms with E-state index in [1.54, 1.807) is 46.1 Å². The first-order chi connectivity index (χ1) is 23.6. The predicted molar refractivity (Wildman–Crippen MR) is 197 cm³/mol. The molecular weight excluding hydrogens is 653 g/mol. The Hall–Kier alpha value is -5.48. The summed E-state index contributed by atoms with van der Waals surface area (Å²) in [5, 5.41) is 28.2. The highest BCUT2D eigenvalue weighted by Gasteiger charge is 2.26. The number of carbonyl (C=O) groups is 1. The summed E-state index contributed by atoms with van der Waals surface area (Å²) in [4.78, 5) is 24.5. The van der Waals surface area contributed by atoms with Gasteiger partial charge in [-0.2, -0.15) is 34.0 Å². The number of aromatic carboxylic acids is 1. The molecule has 6 aromatic rings. The fourth-order valence-corrected chi connectivity index (χ4v) is 8.61. The van der Waals surface area contributed by atoms with Gasteiger partial charge in [-0.3, -0.25) is 0 Å². The minimum atomic E-state index is -0.955. The van der Waals surface area contributed by atoms with E-state index in [0.29, 0.717) is 0 Å². The van der Waals surface area contributed by atoms with E-state index in [9.17, 15) is 9.90 Å². The van der Waals surface area contributed by atoms with Crippen molar-refractivity contribution in [3.05, 3.63) is 185 Å². The number of carboxylic acids is 1. The first-order valence-electron chi connectivity index (χ1n) is 15.4. The fourth-order valence-electron chi connectivity index (χ4n) is 6.66. The normalized spacial score (nSPS) is 22.2. The molecule has 0 amide bonds. The molecule has 0 spiro atoms. The minimum Gasteiger partial charge on any atom is -0.478 e. The Morgan fingerprint density at radius 1 is 0.646 bits per heavy atom. The molecule has 3 aliphatic rings. The van der Waals surface area contributed by atoms with Crippen molar-refractivity contribution in [3.63, 3.8) is 0 Å². The molecule has 9 rings (SSSR count). The SMILES string of the molecule is O=C(O)c1ccc(/C2=c3\cc/c([nH]3)=C(\c3ccsc3)C3C=C/C(=C(\c4ccsc4)c4ccc([nH]4)/C(c4ccsc4)=C4/C=CC2=N4)N3)cc1. The van der Waals surface area contributed by atoms with Crippen LogP contribution in [-0.4, -0.2) is 32.8 Å². The number of aromatic nitrogens is 2. The summed E-state index contributed by atoms with van der Waals surface area (Å²) in [6, 6.07) is 21.9. The molecule has 1 atom stereocenters. The van der Waals surface area contributed by atoms with Crippen molar-refractivity contribution >= 4 is 68.0 Å². The van der Waals surface area contributed by atoms with E-state index in [1.165, 1.54) is 0 Å². The van der Waals surface area contributed by atoms with Gasteiger partial charge < -0.3 is 20.4 Å². The van der Waals surface area contributed by atoms with E-state index in [2.05, 4.69) is 114 Å². The van der Waals surface area contributed by atoms with Gasteiger partial charge in [-0.15, -0.1) is 0 Å². The number of hydrogen-bond donors (Lipinski definition) is 4. The molecule has 5 aromatic heterocycles. The summed E-state index contributed by atoms with van der Waals surface area (Å²) in [6.45, 7) is 0. The van der Waals surface area contributed by atoms with Crippen LogP contribution in [0.2, 0.25) is 0 Å². The van der Waals surface area contributed by atoms with Crippen LogP contribution in [0.1, 0.15) is 44.0 Å². The van der Waals surface area contributed by atoms with Crippen molar-refractivity contribution in [1.82, 2.24) is 15.3 Å². The molecule has 0 saturated carbocycles. The van der Waals surface area contributed by atoms with Crippen LogP contribution in [0, 0.1) is 0 Å². The lowest BCUT2D eigenvalue weighted by atomic mass is 9.99. The maximum absolute atomic E-state index is 11.7. The van der Waals surface area contributed by atoms with E-state index >= 15 is 0 Å². The molecule has 8 heterocycles. The topological polar surface area (TPSA) is 93.3 Å². The van der Waals surface area contributed by atoms with Gasteiger partial charge in [0.2, 0.25) is 0 Å². The van der Waals surface area contributed by atoms with Crippen LogP contribution >= 0.6 is 34.0 Å². The van der Waals surface area contributed by atoms with Crippen molar-refractivity contribution in [2.24, 2.45) is 4.99 Å². The Balaban J connectivity index is 1.37. The van der Waals surface area contributed by atoms with Gasteiger partial charge in [0, 0.05) is 50.1 Å². The Morgan fingerprint density at radius 3 is 2.00 bits per heavy atom. The second-order valence-electron chi connectivity index (χ2n) is 11.6. The van der Waals surface area contributed by atoms with E-state index < -0.39 is 5.97 Å². The zero-order valence-corrected chi connectivity index (χ0v) is 27.7. The van der Waals surface area contributed by atoms with Crippen molar-refractivity contribution < 1.29 is 9.90 Å². The van der Waals surface area contributed by atoms with Crippen molar-refractivity contribution in [3.8, 4) is 0 Å². The highest BCUT2D eigenvalue weighted by atomic mass is 32.1. The molecule has 48 heavy (non-hydrogen) atoms. The summed E-state index contributed by atoms with van der Waals surface area (Å²) in [5.41, 5.74) is 13.4. The number of allylic oxidation sites excluding steroid dienone is 3. The second-order valence-corrected chi connectivity index (χ2v) is 14.0. The third-order valence-electron chi connectivity index (χ3n) is 8.84. The molecule has 1 unspecified atom stereocenters. The van der Waals surface area contributed by atoms with Gasteiger partial charge in [-0.05, 0) is 127 Å². The summed E-state index contributed by atoms with van der Waals surface area (Å²) in [6.07, 6.45) is 8.56. The molecule has 232 valence electrons. The van der Waals surface area contributed by atoms with Crippen LogP contribution in [0.3, 0.4) is 0 Å². The molecule has 3 aliphatic heterocycles. The zero-order valence-electron chi connectivity index (χ0n) is 25.2. The lowest BCUT2D eigenvalue weighted by Crippen LogP contribution is -2.29. The molecule has 0 saturated heterocycles. The van der Waals surface area contributed by atoms with Crippen LogP contribution in [-0.2, 0) is 0 Å². The van der Waals surface area contributed by atoms with Gasteiger partial charge >= 0.3 is 5.97 Å². The Kier molecular flexibility index (Phi) is 6.97. The quantitative estimate of drug-likeness (QED) is 0.153. The number of benzene rings is 1. The summed E-state index contributed by atoms with van der Waals surface area (Å²) in [7, 11) is 0. The lowest BCUT2D eigenvalue weighted by molar-refractivity contribution is 0.0697. The molecule has 8 bridgehead atoms. The number of rotatable bonds is 5. The molecule has 0 fully saturated rings.